The lowest BCUT2D eigenvalue weighted by molar-refractivity contribution is 1.11. The Morgan fingerprint density at radius 3 is 2.29 bits per heavy atom. The number of halogens is 1. The second-order valence-corrected chi connectivity index (χ2v) is 2.20. The van der Waals surface area contributed by atoms with Crippen molar-refractivity contribution in [2.45, 2.75) is 20.3 Å². The zero-order chi connectivity index (χ0) is 5.70. The number of allylic oxidation sites excluding steroid dienone is 2. The normalized spacial score (nSPS) is 12.1. The first kappa shape index (κ1) is 7.47. The summed E-state index contributed by atoms with van der Waals surface area (Å²) >= 11 is 2.38. The molecular weight excluding hydrogens is 199 g/mol. The molecule has 0 aliphatic carbocycles. The van der Waals surface area contributed by atoms with Crippen molar-refractivity contribution in [3.63, 3.8) is 0 Å². The van der Waals surface area contributed by atoms with E-state index < -0.39 is 0 Å². The van der Waals surface area contributed by atoms with Crippen molar-refractivity contribution in [2.75, 3.05) is 4.43 Å². The maximum Gasteiger partial charge on any atom is 0.0205 e. The summed E-state index contributed by atoms with van der Waals surface area (Å²) in [6, 6.07) is 0. The maximum absolute atomic E-state index is 2.38. The first-order chi connectivity index (χ1) is 3.35. The molecule has 0 aromatic heterocycles. The lowest BCUT2D eigenvalue weighted by Gasteiger charge is -1.91. The van der Waals surface area contributed by atoms with Gasteiger partial charge in [0, 0.05) is 4.43 Å². The van der Waals surface area contributed by atoms with Gasteiger partial charge in [-0.2, -0.15) is 0 Å². The van der Waals surface area contributed by atoms with E-state index in [0.29, 0.717) is 0 Å². The average molecular weight is 210 g/mol. The van der Waals surface area contributed by atoms with Gasteiger partial charge in [0.1, 0.15) is 0 Å². The third-order valence-corrected chi connectivity index (χ3v) is 2.01. The van der Waals surface area contributed by atoms with Crippen LogP contribution in [0, 0.1) is 0 Å². The van der Waals surface area contributed by atoms with Crippen molar-refractivity contribution in [1.82, 2.24) is 0 Å². The molecule has 0 amide bonds. The van der Waals surface area contributed by atoms with Crippen LogP contribution in [0.3, 0.4) is 0 Å². The Kier molecular flexibility index (Phi) is 4.94. The Balaban J connectivity index is 3.38. The highest BCUT2D eigenvalue weighted by atomic mass is 127. The van der Waals surface area contributed by atoms with Gasteiger partial charge in [0.25, 0.3) is 0 Å². The molecule has 0 rings (SSSR count). The third kappa shape index (κ3) is 3.09. The SMILES string of the molecule is CC=C(CC)CI. The van der Waals surface area contributed by atoms with Crippen LogP contribution in [0.2, 0.25) is 0 Å². The lowest BCUT2D eigenvalue weighted by Crippen LogP contribution is -1.77. The van der Waals surface area contributed by atoms with Crippen molar-refractivity contribution in [3.05, 3.63) is 11.6 Å². The standard InChI is InChI=1S/C6H11I/c1-3-6(4-2)5-7/h3H,4-5H2,1-2H3. The van der Waals surface area contributed by atoms with Crippen molar-refractivity contribution in [2.24, 2.45) is 0 Å². The van der Waals surface area contributed by atoms with Crippen LogP contribution in [0.4, 0.5) is 0 Å². The van der Waals surface area contributed by atoms with E-state index in [0.717, 1.165) is 0 Å². The Labute approximate surface area is 59.1 Å². The van der Waals surface area contributed by atoms with Crippen LogP contribution in [-0.4, -0.2) is 4.43 Å². The molecule has 0 atom stereocenters. The third-order valence-electron chi connectivity index (χ3n) is 1.03. The molecule has 0 spiro atoms. The largest absolute Gasteiger partial charge is 0.0877 e. The van der Waals surface area contributed by atoms with Gasteiger partial charge in [0.15, 0.2) is 0 Å². The summed E-state index contributed by atoms with van der Waals surface area (Å²) in [5, 5.41) is 0. The fourth-order valence-corrected chi connectivity index (χ4v) is 1.36. The van der Waals surface area contributed by atoms with Gasteiger partial charge in [-0.1, -0.05) is 41.2 Å². The van der Waals surface area contributed by atoms with Crippen LogP contribution >= 0.6 is 22.6 Å². The fourth-order valence-electron chi connectivity index (χ4n) is 0.376. The topological polar surface area (TPSA) is 0 Å². The molecule has 0 aliphatic heterocycles. The van der Waals surface area contributed by atoms with Crippen LogP contribution < -0.4 is 0 Å². The van der Waals surface area contributed by atoms with Gasteiger partial charge in [0.2, 0.25) is 0 Å². The summed E-state index contributed by atoms with van der Waals surface area (Å²) < 4.78 is 1.19. The Hall–Kier alpha value is 0.470. The van der Waals surface area contributed by atoms with Gasteiger partial charge in [-0.15, -0.1) is 0 Å². The molecule has 0 radical (unpaired) electrons. The van der Waals surface area contributed by atoms with Gasteiger partial charge >= 0.3 is 0 Å². The molecule has 0 bridgehead atoms. The second-order valence-electron chi connectivity index (χ2n) is 1.43. The average Bonchev–Trinajstić information content (AvgIpc) is 1.72. The summed E-state index contributed by atoms with van der Waals surface area (Å²) in [5.74, 6) is 0. The Morgan fingerprint density at radius 1 is 1.71 bits per heavy atom. The Morgan fingerprint density at radius 2 is 2.29 bits per heavy atom. The molecule has 1 heteroatoms. The molecule has 0 nitrogen and oxygen atoms in total. The van der Waals surface area contributed by atoms with E-state index in [1.807, 2.05) is 0 Å². The molecule has 0 aromatic carbocycles. The van der Waals surface area contributed by atoms with Crippen molar-refractivity contribution in [1.29, 1.82) is 0 Å². The van der Waals surface area contributed by atoms with E-state index in [1.165, 1.54) is 10.8 Å². The number of rotatable bonds is 2. The zero-order valence-corrected chi connectivity index (χ0v) is 7.03. The van der Waals surface area contributed by atoms with Crippen LogP contribution in [0.5, 0.6) is 0 Å². The smallest absolute Gasteiger partial charge is 0.0205 e. The van der Waals surface area contributed by atoms with Crippen LogP contribution in [-0.2, 0) is 0 Å². The van der Waals surface area contributed by atoms with Crippen molar-refractivity contribution < 1.29 is 0 Å². The minimum absolute atomic E-state index is 1.19. The molecule has 0 aromatic rings. The quantitative estimate of drug-likeness (QED) is 0.373. The number of alkyl halides is 1. The zero-order valence-electron chi connectivity index (χ0n) is 4.87. The predicted octanol–water partition coefficient (Wildman–Crippen LogP) is 2.78. The minimum atomic E-state index is 1.19. The van der Waals surface area contributed by atoms with Gasteiger partial charge in [0.05, 0.1) is 0 Å². The van der Waals surface area contributed by atoms with Gasteiger partial charge in [-0.25, -0.2) is 0 Å². The van der Waals surface area contributed by atoms with Gasteiger partial charge in [-0.3, -0.25) is 0 Å². The van der Waals surface area contributed by atoms with E-state index in [4.69, 9.17) is 0 Å². The van der Waals surface area contributed by atoms with E-state index in [9.17, 15) is 0 Å². The highest BCUT2D eigenvalue weighted by Gasteiger charge is 1.83. The first-order valence-corrected chi connectivity index (χ1v) is 4.07. The first-order valence-electron chi connectivity index (χ1n) is 2.55. The van der Waals surface area contributed by atoms with E-state index >= 15 is 0 Å². The summed E-state index contributed by atoms with van der Waals surface area (Å²) in [6.07, 6.45) is 3.39. The monoisotopic (exact) mass is 210 g/mol. The van der Waals surface area contributed by atoms with Gasteiger partial charge < -0.3 is 0 Å². The van der Waals surface area contributed by atoms with Crippen LogP contribution in [0.15, 0.2) is 11.6 Å². The van der Waals surface area contributed by atoms with Crippen LogP contribution in [0.1, 0.15) is 20.3 Å². The molecule has 0 fully saturated rings. The van der Waals surface area contributed by atoms with E-state index in [-0.39, 0.29) is 0 Å². The fraction of sp³-hybridized carbons (Fsp3) is 0.667. The summed E-state index contributed by atoms with van der Waals surface area (Å²) in [5.41, 5.74) is 1.54. The molecular formula is C6H11I. The molecule has 0 N–H and O–H groups in total. The lowest BCUT2D eigenvalue weighted by atomic mass is 10.2. The predicted molar refractivity (Wildman–Crippen MR) is 42.9 cm³/mol. The second kappa shape index (κ2) is 4.62. The summed E-state index contributed by atoms with van der Waals surface area (Å²) in [4.78, 5) is 0. The molecule has 0 aliphatic rings. The van der Waals surface area contributed by atoms with Crippen molar-refractivity contribution in [3.8, 4) is 0 Å². The highest BCUT2D eigenvalue weighted by Crippen LogP contribution is 2.02. The van der Waals surface area contributed by atoms with Gasteiger partial charge in [-0.05, 0) is 13.3 Å². The van der Waals surface area contributed by atoms with Crippen LogP contribution in [0.25, 0.3) is 0 Å². The molecule has 7 heavy (non-hydrogen) atoms. The maximum atomic E-state index is 2.38. The van der Waals surface area contributed by atoms with Crippen molar-refractivity contribution >= 4 is 22.6 Å². The highest BCUT2D eigenvalue weighted by molar-refractivity contribution is 14.1. The molecule has 0 unspecified atom stereocenters. The minimum Gasteiger partial charge on any atom is -0.0877 e. The number of hydrogen-bond acceptors (Lipinski definition) is 0. The molecule has 0 saturated carbocycles. The molecule has 42 valence electrons. The summed E-state index contributed by atoms with van der Waals surface area (Å²) in [6.45, 7) is 4.28. The summed E-state index contributed by atoms with van der Waals surface area (Å²) in [7, 11) is 0. The number of hydrogen-bond donors (Lipinski definition) is 0. The molecule has 0 saturated heterocycles. The molecule has 0 heterocycles. The van der Waals surface area contributed by atoms with E-state index in [1.54, 1.807) is 5.57 Å². The Bertz CT molecular complexity index is 58.6. The van der Waals surface area contributed by atoms with E-state index in [2.05, 4.69) is 42.5 Å².